The Labute approximate surface area is 107 Å². The minimum atomic E-state index is -0.0528. The molecule has 0 aliphatic rings. The molecule has 0 atom stereocenters. The highest BCUT2D eigenvalue weighted by Crippen LogP contribution is 2.26. The number of thioether (sulfide) groups is 1. The van der Waals surface area contributed by atoms with Crippen LogP contribution in [0, 0.1) is 0 Å². The smallest absolute Gasteiger partial charge is 0.252 e. The Bertz CT molecular complexity index is 380. The molecule has 0 saturated heterocycles. The molecular weight excluding hydrogens is 232 g/mol. The molecule has 0 unspecified atom stereocenters. The van der Waals surface area contributed by atoms with Gasteiger partial charge in [-0.2, -0.15) is 0 Å². The standard InChI is InChI=1S/C13H20N2OS/c1-3-4-5-8-17-12-9-10(14)6-7-11(12)13(16)15-2/h6-7,9H,3-5,8,14H2,1-2H3,(H,15,16). The predicted molar refractivity (Wildman–Crippen MR) is 74.5 cm³/mol. The van der Waals surface area contributed by atoms with Gasteiger partial charge in [-0.05, 0) is 30.4 Å². The van der Waals surface area contributed by atoms with Crippen LogP contribution in [0.3, 0.4) is 0 Å². The average Bonchev–Trinajstić information content (AvgIpc) is 2.34. The molecule has 4 heteroatoms. The highest BCUT2D eigenvalue weighted by atomic mass is 32.2. The second-order valence-electron chi connectivity index (χ2n) is 3.89. The highest BCUT2D eigenvalue weighted by Gasteiger charge is 2.10. The van der Waals surface area contributed by atoms with E-state index in [9.17, 15) is 4.79 Å². The minimum Gasteiger partial charge on any atom is -0.399 e. The number of benzene rings is 1. The molecule has 0 saturated carbocycles. The van der Waals surface area contributed by atoms with E-state index in [-0.39, 0.29) is 5.91 Å². The summed E-state index contributed by atoms with van der Waals surface area (Å²) >= 11 is 1.70. The monoisotopic (exact) mass is 252 g/mol. The second kappa shape index (κ2) is 7.22. The Balaban J connectivity index is 2.73. The van der Waals surface area contributed by atoms with Gasteiger partial charge < -0.3 is 11.1 Å². The summed E-state index contributed by atoms with van der Waals surface area (Å²) in [6.07, 6.45) is 3.60. The summed E-state index contributed by atoms with van der Waals surface area (Å²) in [4.78, 5) is 12.6. The van der Waals surface area contributed by atoms with Gasteiger partial charge in [-0.1, -0.05) is 19.8 Å². The van der Waals surface area contributed by atoms with Crippen molar-refractivity contribution in [1.82, 2.24) is 5.32 Å². The van der Waals surface area contributed by atoms with Crippen LogP contribution in [0.5, 0.6) is 0 Å². The quantitative estimate of drug-likeness (QED) is 0.465. The van der Waals surface area contributed by atoms with Crippen molar-refractivity contribution in [1.29, 1.82) is 0 Å². The molecular formula is C13H20N2OS. The van der Waals surface area contributed by atoms with Gasteiger partial charge in [0.1, 0.15) is 0 Å². The Hall–Kier alpha value is -1.16. The lowest BCUT2D eigenvalue weighted by Crippen LogP contribution is -2.18. The van der Waals surface area contributed by atoms with E-state index in [1.165, 1.54) is 19.3 Å². The van der Waals surface area contributed by atoms with Crippen molar-refractivity contribution in [3.05, 3.63) is 23.8 Å². The molecule has 94 valence electrons. The van der Waals surface area contributed by atoms with Crippen molar-refractivity contribution >= 4 is 23.4 Å². The summed E-state index contributed by atoms with van der Waals surface area (Å²) in [5.74, 6) is 0.976. The van der Waals surface area contributed by atoms with Gasteiger partial charge in [0.05, 0.1) is 5.56 Å². The molecule has 0 spiro atoms. The summed E-state index contributed by atoms with van der Waals surface area (Å²) in [6.45, 7) is 2.18. The van der Waals surface area contributed by atoms with Crippen molar-refractivity contribution < 1.29 is 4.79 Å². The fourth-order valence-corrected chi connectivity index (χ4v) is 2.62. The van der Waals surface area contributed by atoms with Gasteiger partial charge in [-0.15, -0.1) is 11.8 Å². The van der Waals surface area contributed by atoms with E-state index in [0.717, 1.165) is 10.6 Å². The molecule has 1 aromatic rings. The number of carbonyl (C=O) groups is 1. The topological polar surface area (TPSA) is 55.1 Å². The zero-order chi connectivity index (χ0) is 12.7. The number of hydrogen-bond donors (Lipinski definition) is 2. The summed E-state index contributed by atoms with van der Waals surface area (Å²) in [5, 5.41) is 2.65. The zero-order valence-corrected chi connectivity index (χ0v) is 11.3. The first-order chi connectivity index (χ1) is 8.19. The molecule has 0 bridgehead atoms. The highest BCUT2D eigenvalue weighted by molar-refractivity contribution is 7.99. The molecule has 0 aliphatic heterocycles. The van der Waals surface area contributed by atoms with Crippen molar-refractivity contribution in [3.63, 3.8) is 0 Å². The van der Waals surface area contributed by atoms with E-state index in [0.29, 0.717) is 11.3 Å². The van der Waals surface area contributed by atoms with E-state index in [2.05, 4.69) is 12.2 Å². The van der Waals surface area contributed by atoms with Crippen LogP contribution in [-0.2, 0) is 0 Å². The van der Waals surface area contributed by atoms with Crippen molar-refractivity contribution in [3.8, 4) is 0 Å². The Morgan fingerprint density at radius 1 is 1.41 bits per heavy atom. The SMILES string of the molecule is CCCCCSc1cc(N)ccc1C(=O)NC. The number of hydrogen-bond acceptors (Lipinski definition) is 3. The van der Waals surface area contributed by atoms with Gasteiger partial charge in [0.25, 0.3) is 5.91 Å². The number of rotatable bonds is 6. The number of nitrogens with one attached hydrogen (secondary N) is 1. The summed E-state index contributed by atoms with van der Waals surface area (Å²) in [5.41, 5.74) is 7.17. The van der Waals surface area contributed by atoms with Gasteiger partial charge in [0.15, 0.2) is 0 Å². The first kappa shape index (κ1) is 13.9. The lowest BCUT2D eigenvalue weighted by Gasteiger charge is -2.09. The Morgan fingerprint density at radius 2 is 2.18 bits per heavy atom. The normalized spacial score (nSPS) is 10.2. The Morgan fingerprint density at radius 3 is 2.82 bits per heavy atom. The maximum atomic E-state index is 11.7. The molecule has 1 amide bonds. The maximum absolute atomic E-state index is 11.7. The number of carbonyl (C=O) groups excluding carboxylic acids is 1. The predicted octanol–water partition coefficient (Wildman–Crippen LogP) is 2.91. The van der Waals surface area contributed by atoms with Crippen LogP contribution in [-0.4, -0.2) is 18.7 Å². The third kappa shape index (κ3) is 4.30. The average molecular weight is 252 g/mol. The fraction of sp³-hybridized carbons (Fsp3) is 0.462. The van der Waals surface area contributed by atoms with E-state index < -0.39 is 0 Å². The number of nitrogens with two attached hydrogens (primary N) is 1. The number of anilines is 1. The van der Waals surface area contributed by atoms with Crippen LogP contribution < -0.4 is 11.1 Å². The second-order valence-corrected chi connectivity index (χ2v) is 5.03. The molecule has 0 fully saturated rings. The molecule has 0 aliphatic carbocycles. The van der Waals surface area contributed by atoms with Crippen LogP contribution >= 0.6 is 11.8 Å². The molecule has 17 heavy (non-hydrogen) atoms. The third-order valence-corrected chi connectivity index (χ3v) is 3.62. The Kier molecular flexibility index (Phi) is 5.91. The first-order valence-electron chi connectivity index (χ1n) is 5.93. The minimum absolute atomic E-state index is 0.0528. The fourth-order valence-electron chi connectivity index (χ4n) is 1.51. The summed E-state index contributed by atoms with van der Waals surface area (Å²) < 4.78 is 0. The largest absolute Gasteiger partial charge is 0.399 e. The van der Waals surface area contributed by atoms with Gasteiger partial charge in [-0.3, -0.25) is 4.79 Å². The third-order valence-electron chi connectivity index (χ3n) is 2.48. The molecule has 0 aromatic heterocycles. The molecule has 0 heterocycles. The zero-order valence-electron chi connectivity index (χ0n) is 10.5. The van der Waals surface area contributed by atoms with Gasteiger partial charge in [-0.25, -0.2) is 0 Å². The molecule has 1 rings (SSSR count). The number of amides is 1. The molecule has 3 nitrogen and oxygen atoms in total. The van der Waals surface area contributed by atoms with Crippen molar-refractivity contribution in [2.75, 3.05) is 18.5 Å². The van der Waals surface area contributed by atoms with Gasteiger partial charge in [0, 0.05) is 17.6 Å². The van der Waals surface area contributed by atoms with E-state index in [1.807, 2.05) is 6.07 Å². The van der Waals surface area contributed by atoms with Gasteiger partial charge in [0.2, 0.25) is 0 Å². The van der Waals surface area contributed by atoms with Crippen LogP contribution in [0.1, 0.15) is 36.5 Å². The molecule has 1 aromatic carbocycles. The van der Waals surface area contributed by atoms with Crippen LogP contribution in [0.4, 0.5) is 5.69 Å². The van der Waals surface area contributed by atoms with Crippen molar-refractivity contribution in [2.24, 2.45) is 0 Å². The molecule has 0 radical (unpaired) electrons. The summed E-state index contributed by atoms with van der Waals surface area (Å²) in [6, 6.07) is 5.43. The lowest BCUT2D eigenvalue weighted by atomic mass is 10.2. The first-order valence-corrected chi connectivity index (χ1v) is 6.92. The number of nitrogen functional groups attached to an aromatic ring is 1. The number of unbranched alkanes of at least 4 members (excludes halogenated alkanes) is 2. The van der Waals surface area contributed by atoms with E-state index >= 15 is 0 Å². The van der Waals surface area contributed by atoms with Crippen molar-refractivity contribution in [2.45, 2.75) is 31.1 Å². The van der Waals surface area contributed by atoms with E-state index in [1.54, 1.807) is 30.9 Å². The lowest BCUT2D eigenvalue weighted by molar-refractivity contribution is 0.0960. The summed E-state index contributed by atoms with van der Waals surface area (Å²) in [7, 11) is 1.64. The maximum Gasteiger partial charge on any atom is 0.252 e. The van der Waals surface area contributed by atoms with Crippen LogP contribution in [0.15, 0.2) is 23.1 Å². The van der Waals surface area contributed by atoms with Crippen LogP contribution in [0.25, 0.3) is 0 Å². The molecule has 3 N–H and O–H groups in total. The van der Waals surface area contributed by atoms with E-state index in [4.69, 9.17) is 5.73 Å². The van der Waals surface area contributed by atoms with Crippen LogP contribution in [0.2, 0.25) is 0 Å². The van der Waals surface area contributed by atoms with Gasteiger partial charge >= 0.3 is 0 Å².